The van der Waals surface area contributed by atoms with E-state index in [0.29, 0.717) is 11.4 Å². The van der Waals surface area contributed by atoms with Gasteiger partial charge < -0.3 is 10.1 Å². The molecular formula is C15H15N3O3S. The van der Waals surface area contributed by atoms with Gasteiger partial charge in [0.25, 0.3) is 0 Å². The molecule has 0 saturated heterocycles. The van der Waals surface area contributed by atoms with Crippen molar-refractivity contribution < 1.29 is 14.3 Å². The van der Waals surface area contributed by atoms with Crippen molar-refractivity contribution in [3.63, 3.8) is 0 Å². The summed E-state index contributed by atoms with van der Waals surface area (Å²) in [6.07, 6.45) is 1.48. The van der Waals surface area contributed by atoms with Crippen LogP contribution < -0.4 is 15.5 Å². The number of anilines is 1. The van der Waals surface area contributed by atoms with Gasteiger partial charge in [-0.25, -0.2) is 5.43 Å². The highest BCUT2D eigenvalue weighted by Gasteiger charge is 2.15. The Bertz CT molecular complexity index is 696. The van der Waals surface area contributed by atoms with Gasteiger partial charge in [-0.1, -0.05) is 12.1 Å². The molecule has 22 heavy (non-hydrogen) atoms. The second-order valence-corrected chi connectivity index (χ2v) is 5.35. The Hall–Kier alpha value is -2.67. The lowest BCUT2D eigenvalue weighted by molar-refractivity contribution is -0.136. The number of amides is 2. The molecule has 0 aliphatic rings. The summed E-state index contributed by atoms with van der Waals surface area (Å²) in [5, 5.41) is 8.12. The Labute approximate surface area is 131 Å². The third kappa shape index (κ3) is 4.16. The predicted octanol–water partition coefficient (Wildman–Crippen LogP) is 2.15. The van der Waals surface area contributed by atoms with Crippen molar-refractivity contribution in [2.24, 2.45) is 5.10 Å². The van der Waals surface area contributed by atoms with Crippen molar-refractivity contribution >= 4 is 35.1 Å². The fourth-order valence-corrected chi connectivity index (χ4v) is 2.25. The molecular weight excluding hydrogens is 302 g/mol. The van der Waals surface area contributed by atoms with E-state index in [2.05, 4.69) is 15.8 Å². The number of hydrogen-bond acceptors (Lipinski definition) is 5. The van der Waals surface area contributed by atoms with Crippen LogP contribution in [0.1, 0.15) is 10.4 Å². The first-order chi connectivity index (χ1) is 10.6. The molecule has 2 amide bonds. The minimum atomic E-state index is -0.851. The summed E-state index contributed by atoms with van der Waals surface area (Å²) < 4.78 is 5.14. The second-order valence-electron chi connectivity index (χ2n) is 4.37. The van der Waals surface area contributed by atoms with Gasteiger partial charge in [0.15, 0.2) is 0 Å². The number of nitrogens with one attached hydrogen (secondary N) is 2. The topological polar surface area (TPSA) is 79.8 Å². The fourth-order valence-electron chi connectivity index (χ4n) is 1.67. The first-order valence-corrected chi connectivity index (χ1v) is 7.30. The van der Waals surface area contributed by atoms with Crippen molar-refractivity contribution in [2.45, 2.75) is 6.92 Å². The highest BCUT2D eigenvalue weighted by molar-refractivity contribution is 7.11. The zero-order valence-electron chi connectivity index (χ0n) is 12.1. The SMILES string of the molecule is COc1ccc(C)cc1NC(=O)C(=O)N/N=C\c1cccs1. The molecule has 2 N–H and O–H groups in total. The van der Waals surface area contributed by atoms with Crippen LogP contribution in [0.4, 0.5) is 5.69 Å². The maximum atomic E-state index is 11.8. The molecule has 0 aliphatic carbocycles. The van der Waals surface area contributed by atoms with Crippen molar-refractivity contribution in [1.82, 2.24) is 5.43 Å². The van der Waals surface area contributed by atoms with Gasteiger partial charge in [-0.05, 0) is 36.1 Å². The van der Waals surface area contributed by atoms with Gasteiger partial charge in [-0.2, -0.15) is 5.10 Å². The number of methoxy groups -OCH3 is 1. The van der Waals surface area contributed by atoms with Gasteiger partial charge in [0.2, 0.25) is 0 Å². The van der Waals surface area contributed by atoms with Crippen LogP contribution in [0.15, 0.2) is 40.8 Å². The minimum Gasteiger partial charge on any atom is -0.495 e. The summed E-state index contributed by atoms with van der Waals surface area (Å²) in [6.45, 7) is 1.88. The van der Waals surface area contributed by atoms with E-state index in [1.807, 2.05) is 30.5 Å². The molecule has 0 fully saturated rings. The molecule has 0 radical (unpaired) electrons. The Morgan fingerprint density at radius 3 is 2.77 bits per heavy atom. The number of hydrazone groups is 1. The lowest BCUT2D eigenvalue weighted by Gasteiger charge is -2.10. The molecule has 2 rings (SSSR count). The number of carbonyl (C=O) groups excluding carboxylic acids is 2. The molecule has 0 unspecified atom stereocenters. The van der Waals surface area contributed by atoms with Crippen LogP contribution in [0, 0.1) is 6.92 Å². The molecule has 0 aliphatic heterocycles. The van der Waals surface area contributed by atoms with Crippen LogP contribution in [0.25, 0.3) is 0 Å². The number of benzene rings is 1. The highest BCUT2D eigenvalue weighted by atomic mass is 32.1. The quantitative estimate of drug-likeness (QED) is 0.515. The number of thiophene rings is 1. The van der Waals surface area contributed by atoms with Crippen LogP contribution in [0.3, 0.4) is 0 Å². The largest absolute Gasteiger partial charge is 0.495 e. The number of hydrogen-bond donors (Lipinski definition) is 2. The summed E-state index contributed by atoms with van der Waals surface area (Å²) in [4.78, 5) is 24.4. The van der Waals surface area contributed by atoms with Crippen LogP contribution in [0.2, 0.25) is 0 Å². The number of ether oxygens (including phenoxy) is 1. The van der Waals surface area contributed by atoms with Crippen molar-refractivity contribution in [3.05, 3.63) is 46.2 Å². The summed E-state index contributed by atoms with van der Waals surface area (Å²) >= 11 is 1.47. The van der Waals surface area contributed by atoms with Crippen LogP contribution >= 0.6 is 11.3 Å². The van der Waals surface area contributed by atoms with Gasteiger partial charge in [0.1, 0.15) is 5.75 Å². The molecule has 2 aromatic rings. The molecule has 0 saturated carbocycles. The molecule has 6 nitrogen and oxygen atoms in total. The number of nitrogens with zero attached hydrogens (tertiary/aromatic N) is 1. The van der Waals surface area contributed by atoms with Gasteiger partial charge in [-0.15, -0.1) is 11.3 Å². The Kier molecular flexibility index (Phi) is 5.26. The fraction of sp³-hybridized carbons (Fsp3) is 0.133. The third-order valence-electron chi connectivity index (χ3n) is 2.71. The standard InChI is InChI=1S/C15H15N3O3S/c1-10-5-6-13(21-2)12(8-10)17-14(19)15(20)18-16-9-11-4-3-7-22-11/h3-9H,1-2H3,(H,17,19)(H,18,20)/b16-9-. The lowest BCUT2D eigenvalue weighted by Crippen LogP contribution is -2.32. The van der Waals surface area contributed by atoms with Crippen LogP contribution in [0.5, 0.6) is 5.75 Å². The summed E-state index contributed by atoms with van der Waals surface area (Å²) in [6, 6.07) is 9.00. The Morgan fingerprint density at radius 2 is 2.09 bits per heavy atom. The smallest absolute Gasteiger partial charge is 0.329 e. The zero-order chi connectivity index (χ0) is 15.9. The first-order valence-electron chi connectivity index (χ1n) is 6.42. The van der Waals surface area contributed by atoms with E-state index >= 15 is 0 Å². The molecule has 114 valence electrons. The molecule has 0 bridgehead atoms. The normalized spacial score (nSPS) is 10.5. The van der Waals surface area contributed by atoms with Gasteiger partial charge in [0.05, 0.1) is 19.0 Å². The molecule has 0 atom stereocenters. The number of carbonyl (C=O) groups is 2. The second kappa shape index (κ2) is 7.37. The zero-order valence-corrected chi connectivity index (χ0v) is 12.9. The Morgan fingerprint density at radius 1 is 1.27 bits per heavy atom. The third-order valence-corrected chi connectivity index (χ3v) is 3.52. The highest BCUT2D eigenvalue weighted by Crippen LogP contribution is 2.24. The Balaban J connectivity index is 1.97. The molecule has 7 heteroatoms. The van der Waals surface area contributed by atoms with E-state index in [1.54, 1.807) is 12.1 Å². The maximum Gasteiger partial charge on any atom is 0.329 e. The van der Waals surface area contributed by atoms with E-state index in [-0.39, 0.29) is 0 Å². The molecule has 0 spiro atoms. The van der Waals surface area contributed by atoms with Crippen molar-refractivity contribution in [3.8, 4) is 5.75 Å². The van der Waals surface area contributed by atoms with E-state index < -0.39 is 11.8 Å². The average Bonchev–Trinajstić information content (AvgIpc) is 3.00. The minimum absolute atomic E-state index is 0.435. The van der Waals surface area contributed by atoms with Crippen LogP contribution in [-0.2, 0) is 9.59 Å². The maximum absolute atomic E-state index is 11.8. The van der Waals surface area contributed by atoms with E-state index in [1.165, 1.54) is 24.7 Å². The average molecular weight is 317 g/mol. The summed E-state index contributed by atoms with van der Waals surface area (Å²) in [5.41, 5.74) is 3.55. The summed E-state index contributed by atoms with van der Waals surface area (Å²) in [7, 11) is 1.49. The van der Waals surface area contributed by atoms with Gasteiger partial charge in [0, 0.05) is 4.88 Å². The molecule has 1 aromatic carbocycles. The van der Waals surface area contributed by atoms with Crippen molar-refractivity contribution in [1.29, 1.82) is 0 Å². The molecule has 1 heterocycles. The van der Waals surface area contributed by atoms with Gasteiger partial charge >= 0.3 is 11.8 Å². The number of aryl methyl sites for hydroxylation is 1. The number of rotatable bonds is 4. The summed E-state index contributed by atoms with van der Waals surface area (Å²) in [5.74, 6) is -1.18. The monoisotopic (exact) mass is 317 g/mol. The first kappa shape index (κ1) is 15.7. The van der Waals surface area contributed by atoms with E-state index in [4.69, 9.17) is 4.74 Å². The lowest BCUT2D eigenvalue weighted by atomic mass is 10.2. The predicted molar refractivity (Wildman–Crippen MR) is 86.4 cm³/mol. The van der Waals surface area contributed by atoms with Crippen LogP contribution in [-0.4, -0.2) is 25.1 Å². The van der Waals surface area contributed by atoms with Crippen molar-refractivity contribution in [2.75, 3.05) is 12.4 Å². The van der Waals surface area contributed by atoms with Gasteiger partial charge in [-0.3, -0.25) is 9.59 Å². The molecule has 1 aromatic heterocycles. The van der Waals surface area contributed by atoms with E-state index in [9.17, 15) is 9.59 Å². The van der Waals surface area contributed by atoms with E-state index in [0.717, 1.165) is 10.4 Å².